The fourth-order valence-corrected chi connectivity index (χ4v) is 4.64. The highest BCUT2D eigenvalue weighted by atomic mass is 16.5. The number of amides is 2. The molecule has 0 aliphatic rings. The van der Waals surface area contributed by atoms with E-state index in [1.165, 1.54) is 13.2 Å². The standard InChI is InChI=1S/C29H32N4O6/c1-16(2)12-22(32-28(36)23-15-19-21(30-23)10-7-11-25(19)38-3)27(35)33-24(29(37)39-4)13-17-14-26(34)31-20-9-6-5-8-18(17)20/h5-11,14-16,22,24,30H,12-13H2,1-4H3,(H,31,34)(H,32,36)(H,33,35). The maximum Gasteiger partial charge on any atom is 0.328 e. The van der Waals surface area contributed by atoms with Crippen molar-refractivity contribution in [3.8, 4) is 5.75 Å². The number of carbonyl (C=O) groups is 3. The third-order valence-electron chi connectivity index (χ3n) is 6.48. The average Bonchev–Trinajstić information content (AvgIpc) is 3.36. The van der Waals surface area contributed by atoms with Gasteiger partial charge >= 0.3 is 5.97 Å². The molecule has 0 radical (unpaired) electrons. The van der Waals surface area contributed by atoms with E-state index in [0.717, 1.165) is 16.3 Å². The number of hydrogen-bond donors (Lipinski definition) is 4. The van der Waals surface area contributed by atoms with Gasteiger partial charge in [-0.15, -0.1) is 0 Å². The van der Waals surface area contributed by atoms with E-state index in [1.54, 1.807) is 31.4 Å². The van der Waals surface area contributed by atoms with Crippen LogP contribution in [0.2, 0.25) is 0 Å². The first-order chi connectivity index (χ1) is 18.7. The maximum atomic E-state index is 13.4. The summed E-state index contributed by atoms with van der Waals surface area (Å²) in [7, 11) is 2.78. The number of benzene rings is 2. The monoisotopic (exact) mass is 532 g/mol. The summed E-state index contributed by atoms with van der Waals surface area (Å²) < 4.78 is 10.3. The Morgan fingerprint density at radius 1 is 0.872 bits per heavy atom. The Morgan fingerprint density at radius 2 is 1.59 bits per heavy atom. The van der Waals surface area contributed by atoms with Crippen LogP contribution < -0.4 is 20.9 Å². The number of para-hydroxylation sites is 1. The number of H-pyrrole nitrogens is 2. The van der Waals surface area contributed by atoms with Crippen molar-refractivity contribution in [2.75, 3.05) is 14.2 Å². The highest BCUT2D eigenvalue weighted by molar-refractivity contribution is 6.01. The van der Waals surface area contributed by atoms with Crippen molar-refractivity contribution in [2.24, 2.45) is 5.92 Å². The van der Waals surface area contributed by atoms with Gasteiger partial charge in [-0.3, -0.25) is 14.4 Å². The molecular weight excluding hydrogens is 500 g/mol. The summed E-state index contributed by atoms with van der Waals surface area (Å²) in [4.78, 5) is 57.3. The molecule has 2 unspecified atom stereocenters. The lowest BCUT2D eigenvalue weighted by Gasteiger charge is -2.23. The number of esters is 1. The van der Waals surface area contributed by atoms with Crippen LogP contribution in [0.5, 0.6) is 5.75 Å². The Morgan fingerprint density at radius 3 is 2.31 bits per heavy atom. The number of ether oxygens (including phenoxy) is 2. The number of aromatic amines is 2. The fraction of sp³-hybridized carbons (Fsp3) is 0.310. The van der Waals surface area contributed by atoms with Gasteiger partial charge in [0.05, 0.1) is 14.2 Å². The molecular formula is C29H32N4O6. The first-order valence-corrected chi connectivity index (χ1v) is 12.7. The number of fused-ring (bicyclic) bond motifs is 2. The molecule has 0 saturated heterocycles. The van der Waals surface area contributed by atoms with Crippen LogP contribution in [0.1, 0.15) is 36.3 Å². The number of methoxy groups -OCH3 is 2. The molecule has 39 heavy (non-hydrogen) atoms. The molecule has 0 fully saturated rings. The predicted molar refractivity (Wildman–Crippen MR) is 148 cm³/mol. The van der Waals surface area contributed by atoms with Gasteiger partial charge in [0.2, 0.25) is 11.5 Å². The molecule has 10 nitrogen and oxygen atoms in total. The van der Waals surface area contributed by atoms with E-state index in [2.05, 4.69) is 20.6 Å². The number of carbonyl (C=O) groups excluding carboxylic acids is 3. The first-order valence-electron chi connectivity index (χ1n) is 12.7. The van der Waals surface area contributed by atoms with Gasteiger partial charge in [0, 0.05) is 34.3 Å². The fourth-order valence-electron chi connectivity index (χ4n) is 4.64. The van der Waals surface area contributed by atoms with Crippen molar-refractivity contribution >= 4 is 39.6 Å². The molecule has 0 spiro atoms. The number of pyridine rings is 1. The van der Waals surface area contributed by atoms with Gasteiger partial charge in [0.25, 0.3) is 5.91 Å². The third-order valence-corrected chi connectivity index (χ3v) is 6.48. The van der Waals surface area contributed by atoms with Crippen LogP contribution in [0.15, 0.2) is 59.4 Å². The lowest BCUT2D eigenvalue weighted by molar-refractivity contribution is -0.145. The van der Waals surface area contributed by atoms with E-state index in [-0.39, 0.29) is 23.6 Å². The first kappa shape index (κ1) is 27.4. The molecule has 204 valence electrons. The van der Waals surface area contributed by atoms with Crippen LogP contribution in [-0.2, 0) is 20.7 Å². The van der Waals surface area contributed by atoms with E-state index >= 15 is 0 Å². The smallest absolute Gasteiger partial charge is 0.328 e. The number of aromatic nitrogens is 2. The van der Waals surface area contributed by atoms with E-state index in [4.69, 9.17) is 9.47 Å². The SMILES string of the molecule is COC(=O)C(Cc1cc(=O)[nH]c2ccccc12)NC(=O)C(CC(C)C)NC(=O)c1cc2c(OC)cccc2[nH]1. The average molecular weight is 533 g/mol. The minimum Gasteiger partial charge on any atom is -0.496 e. The Bertz CT molecular complexity index is 1570. The minimum atomic E-state index is -1.07. The highest BCUT2D eigenvalue weighted by Crippen LogP contribution is 2.26. The van der Waals surface area contributed by atoms with E-state index in [0.29, 0.717) is 23.3 Å². The lowest BCUT2D eigenvalue weighted by Crippen LogP contribution is -2.53. The molecule has 2 atom stereocenters. The van der Waals surface area contributed by atoms with Gasteiger partial charge in [-0.05, 0) is 42.2 Å². The molecule has 4 N–H and O–H groups in total. The van der Waals surface area contributed by atoms with Crippen molar-refractivity contribution in [1.82, 2.24) is 20.6 Å². The summed E-state index contributed by atoms with van der Waals surface area (Å²) in [6, 6.07) is 13.7. The van der Waals surface area contributed by atoms with Crippen molar-refractivity contribution in [1.29, 1.82) is 0 Å². The van der Waals surface area contributed by atoms with Crippen molar-refractivity contribution in [3.05, 3.63) is 76.2 Å². The van der Waals surface area contributed by atoms with E-state index in [9.17, 15) is 19.2 Å². The second-order valence-electron chi connectivity index (χ2n) is 9.75. The highest BCUT2D eigenvalue weighted by Gasteiger charge is 2.29. The molecule has 0 bridgehead atoms. The van der Waals surface area contributed by atoms with Crippen molar-refractivity contribution in [2.45, 2.75) is 38.8 Å². The Labute approximate surface area is 225 Å². The molecule has 2 amide bonds. The molecule has 2 aromatic carbocycles. The van der Waals surface area contributed by atoms with Crippen LogP contribution in [0, 0.1) is 5.92 Å². The molecule has 2 heterocycles. The van der Waals surface area contributed by atoms with Gasteiger partial charge < -0.3 is 30.1 Å². The number of rotatable bonds is 10. The largest absolute Gasteiger partial charge is 0.496 e. The predicted octanol–water partition coefficient (Wildman–Crippen LogP) is 3.06. The maximum absolute atomic E-state index is 13.4. The zero-order valence-corrected chi connectivity index (χ0v) is 22.3. The van der Waals surface area contributed by atoms with Crippen LogP contribution in [0.4, 0.5) is 0 Å². The van der Waals surface area contributed by atoms with Crippen LogP contribution in [0.3, 0.4) is 0 Å². The van der Waals surface area contributed by atoms with E-state index in [1.807, 2.05) is 38.1 Å². The van der Waals surface area contributed by atoms with Gasteiger partial charge in [-0.2, -0.15) is 0 Å². The van der Waals surface area contributed by atoms with Gasteiger partial charge in [0.1, 0.15) is 23.5 Å². The Hall–Kier alpha value is -4.60. The minimum absolute atomic E-state index is 0.0347. The number of hydrogen-bond acceptors (Lipinski definition) is 6. The van der Waals surface area contributed by atoms with Crippen molar-refractivity contribution < 1.29 is 23.9 Å². The lowest BCUT2D eigenvalue weighted by atomic mass is 9.99. The van der Waals surface area contributed by atoms with Crippen LogP contribution in [0.25, 0.3) is 21.8 Å². The van der Waals surface area contributed by atoms with Crippen molar-refractivity contribution in [3.63, 3.8) is 0 Å². The normalized spacial score (nSPS) is 12.7. The summed E-state index contributed by atoms with van der Waals surface area (Å²) in [5.74, 6) is -0.978. The summed E-state index contributed by atoms with van der Waals surface area (Å²) in [5, 5.41) is 7.03. The molecule has 0 aliphatic heterocycles. The second-order valence-corrected chi connectivity index (χ2v) is 9.75. The Kier molecular flexibility index (Phi) is 8.33. The zero-order chi connectivity index (χ0) is 28.1. The zero-order valence-electron chi connectivity index (χ0n) is 22.3. The number of nitrogens with one attached hydrogen (secondary N) is 4. The summed E-state index contributed by atoms with van der Waals surface area (Å²) in [6.45, 7) is 3.86. The van der Waals surface area contributed by atoms with Gasteiger partial charge in [-0.25, -0.2) is 4.79 Å². The summed E-state index contributed by atoms with van der Waals surface area (Å²) in [6.07, 6.45) is 0.371. The van der Waals surface area contributed by atoms with Gasteiger partial charge in [-0.1, -0.05) is 38.1 Å². The van der Waals surface area contributed by atoms with Crippen LogP contribution in [-0.4, -0.2) is 54.1 Å². The quantitative estimate of drug-likeness (QED) is 0.231. The molecule has 10 heteroatoms. The summed E-state index contributed by atoms with van der Waals surface area (Å²) in [5.41, 5.74) is 1.88. The molecule has 2 aromatic heterocycles. The topological polar surface area (TPSA) is 142 Å². The molecule has 4 rings (SSSR count). The third kappa shape index (κ3) is 6.28. The Balaban J connectivity index is 1.57. The van der Waals surface area contributed by atoms with Crippen LogP contribution >= 0.6 is 0 Å². The molecule has 4 aromatic rings. The molecule has 0 aliphatic carbocycles. The summed E-state index contributed by atoms with van der Waals surface area (Å²) >= 11 is 0. The molecule has 0 saturated carbocycles. The van der Waals surface area contributed by atoms with E-state index < -0.39 is 29.9 Å². The van der Waals surface area contributed by atoms with Gasteiger partial charge in [0.15, 0.2) is 0 Å². The second kappa shape index (κ2) is 11.8.